The molecule has 0 unspecified atom stereocenters. The van der Waals surface area contributed by atoms with Gasteiger partial charge >= 0.3 is 12.0 Å². The van der Waals surface area contributed by atoms with Crippen molar-refractivity contribution in [3.05, 3.63) is 0 Å². The summed E-state index contributed by atoms with van der Waals surface area (Å²) in [6.07, 6.45) is 1.76. The predicted octanol–water partition coefficient (Wildman–Crippen LogP) is 0.100. The molecule has 0 radical (unpaired) electrons. The van der Waals surface area contributed by atoms with Gasteiger partial charge in [0.2, 0.25) is 5.91 Å². The third-order valence-electron chi connectivity index (χ3n) is 2.38. The molecule has 0 atom stereocenters. The van der Waals surface area contributed by atoms with Crippen LogP contribution in [-0.2, 0) is 9.59 Å². The van der Waals surface area contributed by atoms with E-state index in [4.69, 9.17) is 10.8 Å². The molecule has 7 nitrogen and oxygen atoms in total. The van der Waals surface area contributed by atoms with Gasteiger partial charge in [0.25, 0.3) is 0 Å². The highest BCUT2D eigenvalue weighted by Gasteiger charge is 2.22. The maximum Gasteiger partial charge on any atom is 0.323 e. The Bertz CT molecular complexity index is 291. The smallest absolute Gasteiger partial charge is 0.323 e. The van der Waals surface area contributed by atoms with Gasteiger partial charge < -0.3 is 20.6 Å². The zero-order valence-electron chi connectivity index (χ0n) is 10.9. The standard InChI is InChI=1S/C11H21N3O4/c1-3-5-6-13(4-2)11(18)14(7-9(12)15)8-10(16)17/h3-8H2,1-2H3,(H2,12,15)(H,16,17). The number of hydrogen-bond acceptors (Lipinski definition) is 3. The number of urea groups is 1. The number of aliphatic carboxylic acids is 1. The first-order valence-corrected chi connectivity index (χ1v) is 5.96. The Balaban J connectivity index is 4.67. The number of hydrogen-bond donors (Lipinski definition) is 2. The number of amides is 3. The van der Waals surface area contributed by atoms with Crippen molar-refractivity contribution in [3.63, 3.8) is 0 Å². The van der Waals surface area contributed by atoms with E-state index in [0.29, 0.717) is 13.1 Å². The molecule has 0 rings (SSSR count). The summed E-state index contributed by atoms with van der Waals surface area (Å²) in [6, 6.07) is -0.466. The van der Waals surface area contributed by atoms with Crippen molar-refractivity contribution in [2.45, 2.75) is 26.7 Å². The summed E-state index contributed by atoms with van der Waals surface area (Å²) in [5.74, 6) is -1.90. The van der Waals surface area contributed by atoms with Crippen LogP contribution in [-0.4, -0.2) is 59.0 Å². The van der Waals surface area contributed by atoms with E-state index in [9.17, 15) is 14.4 Å². The second-order valence-corrected chi connectivity index (χ2v) is 3.93. The van der Waals surface area contributed by atoms with E-state index in [1.807, 2.05) is 6.92 Å². The van der Waals surface area contributed by atoms with Crippen LogP contribution in [0.5, 0.6) is 0 Å². The van der Waals surface area contributed by atoms with Gasteiger partial charge in [-0.15, -0.1) is 0 Å². The molecule has 0 aliphatic rings. The largest absolute Gasteiger partial charge is 0.480 e. The van der Waals surface area contributed by atoms with Crippen molar-refractivity contribution in [1.29, 1.82) is 0 Å². The van der Waals surface area contributed by atoms with Gasteiger partial charge in [0.15, 0.2) is 0 Å². The van der Waals surface area contributed by atoms with Crippen LogP contribution in [0.2, 0.25) is 0 Å². The molecule has 3 N–H and O–H groups in total. The van der Waals surface area contributed by atoms with Crippen LogP contribution in [0.1, 0.15) is 26.7 Å². The lowest BCUT2D eigenvalue weighted by molar-refractivity contribution is -0.138. The quantitative estimate of drug-likeness (QED) is 0.645. The van der Waals surface area contributed by atoms with Gasteiger partial charge in [0.05, 0.1) is 0 Å². The van der Waals surface area contributed by atoms with Crippen molar-refractivity contribution >= 4 is 17.9 Å². The third kappa shape index (κ3) is 6.07. The van der Waals surface area contributed by atoms with E-state index in [0.717, 1.165) is 17.7 Å². The number of primary amides is 1. The number of carboxylic acids is 1. The fourth-order valence-electron chi connectivity index (χ4n) is 1.48. The molecule has 0 fully saturated rings. The van der Waals surface area contributed by atoms with Gasteiger partial charge in [-0.05, 0) is 13.3 Å². The van der Waals surface area contributed by atoms with E-state index in [2.05, 4.69) is 0 Å². The van der Waals surface area contributed by atoms with Gasteiger partial charge in [0.1, 0.15) is 13.1 Å². The van der Waals surface area contributed by atoms with Gasteiger partial charge in [-0.1, -0.05) is 13.3 Å². The minimum atomic E-state index is -1.17. The average Bonchev–Trinajstić information content (AvgIpc) is 2.27. The Morgan fingerprint density at radius 3 is 2.11 bits per heavy atom. The Labute approximate surface area is 107 Å². The van der Waals surface area contributed by atoms with Crippen molar-refractivity contribution in [2.24, 2.45) is 5.73 Å². The summed E-state index contributed by atoms with van der Waals surface area (Å²) in [6.45, 7) is 3.90. The lowest BCUT2D eigenvalue weighted by Crippen LogP contribution is -2.48. The summed E-state index contributed by atoms with van der Waals surface area (Å²) in [4.78, 5) is 36.0. The van der Waals surface area contributed by atoms with E-state index < -0.39 is 24.5 Å². The topological polar surface area (TPSA) is 104 Å². The van der Waals surface area contributed by atoms with E-state index in [1.54, 1.807) is 6.92 Å². The number of carbonyl (C=O) groups is 3. The minimum Gasteiger partial charge on any atom is -0.480 e. The molecular formula is C11H21N3O4. The highest BCUT2D eigenvalue weighted by atomic mass is 16.4. The number of carbonyl (C=O) groups excluding carboxylic acids is 2. The molecule has 0 spiro atoms. The lowest BCUT2D eigenvalue weighted by atomic mass is 10.3. The molecule has 18 heavy (non-hydrogen) atoms. The van der Waals surface area contributed by atoms with E-state index in [1.165, 1.54) is 4.90 Å². The Morgan fingerprint density at radius 2 is 1.72 bits per heavy atom. The number of nitrogens with zero attached hydrogens (tertiary/aromatic N) is 2. The molecule has 0 heterocycles. The molecule has 0 aliphatic heterocycles. The maximum absolute atomic E-state index is 12.0. The zero-order chi connectivity index (χ0) is 14.1. The monoisotopic (exact) mass is 259 g/mol. The third-order valence-corrected chi connectivity index (χ3v) is 2.38. The number of carboxylic acid groups (broad SMARTS) is 1. The second kappa shape index (κ2) is 8.32. The summed E-state index contributed by atoms with van der Waals surface area (Å²) in [5.41, 5.74) is 5.00. The van der Waals surface area contributed by atoms with Gasteiger partial charge in [-0.25, -0.2) is 4.79 Å². The summed E-state index contributed by atoms with van der Waals surface area (Å²) < 4.78 is 0. The van der Waals surface area contributed by atoms with Gasteiger partial charge in [-0.2, -0.15) is 0 Å². The zero-order valence-corrected chi connectivity index (χ0v) is 10.9. The highest BCUT2D eigenvalue weighted by Crippen LogP contribution is 2.02. The average molecular weight is 259 g/mol. The molecule has 104 valence electrons. The Morgan fingerprint density at radius 1 is 1.11 bits per heavy atom. The van der Waals surface area contributed by atoms with Crippen molar-refractivity contribution < 1.29 is 19.5 Å². The second-order valence-electron chi connectivity index (χ2n) is 3.93. The molecule has 0 saturated heterocycles. The minimum absolute atomic E-state index is 0.381. The van der Waals surface area contributed by atoms with Crippen molar-refractivity contribution in [3.8, 4) is 0 Å². The molecule has 0 aliphatic carbocycles. The summed E-state index contributed by atoms with van der Waals surface area (Å²) in [5, 5.41) is 8.71. The van der Waals surface area contributed by atoms with Crippen LogP contribution in [0.25, 0.3) is 0 Å². The number of rotatable bonds is 8. The van der Waals surface area contributed by atoms with Crippen LogP contribution < -0.4 is 5.73 Å². The summed E-state index contributed by atoms with van der Waals surface area (Å²) >= 11 is 0. The molecular weight excluding hydrogens is 238 g/mol. The molecule has 0 aromatic rings. The van der Waals surface area contributed by atoms with Gasteiger partial charge in [0, 0.05) is 13.1 Å². The first-order chi connectivity index (χ1) is 8.42. The molecule has 0 aromatic heterocycles. The molecule has 0 bridgehead atoms. The van der Waals surface area contributed by atoms with Crippen molar-refractivity contribution in [2.75, 3.05) is 26.2 Å². The fourth-order valence-corrected chi connectivity index (χ4v) is 1.48. The maximum atomic E-state index is 12.0. The highest BCUT2D eigenvalue weighted by molar-refractivity contribution is 5.85. The first kappa shape index (κ1) is 16.2. The first-order valence-electron chi connectivity index (χ1n) is 5.96. The molecule has 0 aromatic carbocycles. The number of unbranched alkanes of at least 4 members (excludes halogenated alkanes) is 1. The predicted molar refractivity (Wildman–Crippen MR) is 66.0 cm³/mol. The van der Waals surface area contributed by atoms with Crippen molar-refractivity contribution in [1.82, 2.24) is 9.80 Å². The van der Waals surface area contributed by atoms with Crippen LogP contribution in [0.4, 0.5) is 4.79 Å². The van der Waals surface area contributed by atoms with Crippen LogP contribution in [0.3, 0.4) is 0 Å². The Hall–Kier alpha value is -1.79. The molecule has 7 heteroatoms. The fraction of sp³-hybridized carbons (Fsp3) is 0.727. The van der Waals surface area contributed by atoms with Crippen LogP contribution >= 0.6 is 0 Å². The Kier molecular flexibility index (Phi) is 7.50. The van der Waals surface area contributed by atoms with Gasteiger partial charge in [-0.3, -0.25) is 9.59 Å². The summed E-state index contributed by atoms with van der Waals surface area (Å²) in [7, 11) is 0. The lowest BCUT2D eigenvalue weighted by Gasteiger charge is -2.28. The molecule has 3 amide bonds. The molecule has 0 saturated carbocycles. The van der Waals surface area contributed by atoms with E-state index in [-0.39, 0.29) is 6.54 Å². The normalized spacial score (nSPS) is 9.89. The van der Waals surface area contributed by atoms with E-state index >= 15 is 0 Å². The number of nitrogens with two attached hydrogens (primary N) is 1. The van der Waals surface area contributed by atoms with Crippen LogP contribution in [0, 0.1) is 0 Å². The SMILES string of the molecule is CCCCN(CC)C(=O)N(CC(N)=O)CC(=O)O. The van der Waals surface area contributed by atoms with Crippen LogP contribution in [0.15, 0.2) is 0 Å².